The third-order valence-electron chi connectivity index (χ3n) is 1.68. The third-order valence-corrected chi connectivity index (χ3v) is 1.68. The Morgan fingerprint density at radius 1 is 1.25 bits per heavy atom. The largest absolute Gasteiger partial charge is 0.473 e. The number of hydrogen-bond acceptors (Lipinski definition) is 5. The van der Waals surface area contributed by atoms with Crippen molar-refractivity contribution in [2.45, 2.75) is 46.2 Å². The molecule has 0 aromatic rings. The van der Waals surface area contributed by atoms with Crippen LogP contribution in [0.15, 0.2) is 0 Å². The van der Waals surface area contributed by atoms with Crippen LogP contribution in [0, 0.1) is 0 Å². The molecule has 6 heteroatoms. The first-order valence-electron chi connectivity index (χ1n) is 5.18. The number of hydrogen-bond donors (Lipinski definition) is 1. The van der Waals surface area contributed by atoms with Gasteiger partial charge in [0.2, 0.25) is 6.29 Å². The van der Waals surface area contributed by atoms with Gasteiger partial charge in [0.05, 0.1) is 0 Å². The zero-order valence-corrected chi connectivity index (χ0v) is 9.76. The molecule has 0 amide bonds. The Morgan fingerprint density at radius 3 is 2.38 bits per heavy atom. The predicted molar refractivity (Wildman–Crippen MR) is 54.6 cm³/mol. The zero-order chi connectivity index (χ0) is 12.6. The van der Waals surface area contributed by atoms with Gasteiger partial charge in [-0.15, -0.1) is 0 Å². The summed E-state index contributed by atoms with van der Waals surface area (Å²) in [6.45, 7) is 5.67. The average molecular weight is 234 g/mol. The van der Waals surface area contributed by atoms with E-state index in [2.05, 4.69) is 4.74 Å². The van der Waals surface area contributed by atoms with Gasteiger partial charge in [-0.3, -0.25) is 0 Å². The quantitative estimate of drug-likeness (QED) is 0.308. The van der Waals surface area contributed by atoms with Crippen molar-refractivity contribution in [3.63, 3.8) is 0 Å². The monoisotopic (exact) mass is 234 g/mol. The van der Waals surface area contributed by atoms with Crippen LogP contribution in [0.4, 0.5) is 0 Å². The van der Waals surface area contributed by atoms with Gasteiger partial charge in [-0.05, 0) is 20.3 Å². The van der Waals surface area contributed by atoms with Gasteiger partial charge in [-0.2, -0.15) is 0 Å². The predicted octanol–water partition coefficient (Wildman–Crippen LogP) is 1.14. The molecule has 0 bridgehead atoms. The lowest BCUT2D eigenvalue weighted by molar-refractivity contribution is -0.230. The van der Waals surface area contributed by atoms with E-state index in [-0.39, 0.29) is 0 Å². The summed E-state index contributed by atoms with van der Waals surface area (Å²) in [5, 5.41) is 8.28. The first kappa shape index (κ1) is 14.9. The summed E-state index contributed by atoms with van der Waals surface area (Å²) in [7, 11) is 0. The van der Waals surface area contributed by atoms with Crippen molar-refractivity contribution < 1.29 is 28.9 Å². The van der Waals surface area contributed by atoms with Crippen molar-refractivity contribution in [1.82, 2.24) is 0 Å². The highest BCUT2D eigenvalue weighted by atomic mass is 16.8. The molecule has 0 radical (unpaired) electrons. The molecule has 0 aromatic heterocycles. The highest BCUT2D eigenvalue weighted by Crippen LogP contribution is 2.03. The van der Waals surface area contributed by atoms with E-state index in [0.717, 1.165) is 12.8 Å². The van der Waals surface area contributed by atoms with E-state index in [4.69, 9.17) is 14.6 Å². The van der Waals surface area contributed by atoms with E-state index in [9.17, 15) is 9.59 Å². The van der Waals surface area contributed by atoms with E-state index in [1.165, 1.54) is 6.92 Å². The van der Waals surface area contributed by atoms with Crippen LogP contribution in [0.3, 0.4) is 0 Å². The van der Waals surface area contributed by atoms with E-state index in [1.807, 2.05) is 6.92 Å². The summed E-state index contributed by atoms with van der Waals surface area (Å²) in [5.74, 6) is -2.98. The van der Waals surface area contributed by atoms with E-state index in [0.29, 0.717) is 6.61 Å². The average Bonchev–Trinajstić information content (AvgIpc) is 2.17. The van der Waals surface area contributed by atoms with Crippen LogP contribution >= 0.6 is 0 Å². The van der Waals surface area contributed by atoms with Crippen molar-refractivity contribution in [2.75, 3.05) is 6.61 Å². The number of aliphatic carboxylic acids is 1. The number of carboxylic acids is 1. The molecule has 0 aromatic carbocycles. The Labute approximate surface area is 94.5 Å². The maximum atomic E-state index is 10.7. The number of carbonyl (C=O) groups is 2. The molecule has 0 heterocycles. The number of carboxylic acid groups (broad SMARTS) is 1. The fraction of sp³-hybridized carbons (Fsp3) is 0.800. The van der Waals surface area contributed by atoms with Crippen LogP contribution in [0.25, 0.3) is 0 Å². The first-order valence-corrected chi connectivity index (χ1v) is 5.18. The molecule has 0 aliphatic heterocycles. The van der Waals surface area contributed by atoms with Gasteiger partial charge >= 0.3 is 11.9 Å². The van der Waals surface area contributed by atoms with Gasteiger partial charge in [-0.1, -0.05) is 13.3 Å². The molecule has 0 saturated carbocycles. The molecular formula is C10H18O6. The van der Waals surface area contributed by atoms with Crippen LogP contribution in [-0.4, -0.2) is 36.2 Å². The van der Waals surface area contributed by atoms with Gasteiger partial charge < -0.3 is 19.3 Å². The SMILES string of the molecule is CCCCOC(C)OC(C)OC(=O)C(=O)O. The number of ether oxygens (including phenoxy) is 3. The Morgan fingerprint density at radius 2 is 1.88 bits per heavy atom. The topological polar surface area (TPSA) is 82.1 Å². The second-order valence-electron chi connectivity index (χ2n) is 3.21. The van der Waals surface area contributed by atoms with Crippen LogP contribution < -0.4 is 0 Å². The van der Waals surface area contributed by atoms with Gasteiger partial charge in [0.1, 0.15) is 0 Å². The molecule has 0 aliphatic rings. The molecule has 1 N–H and O–H groups in total. The molecule has 6 nitrogen and oxygen atoms in total. The van der Waals surface area contributed by atoms with Gasteiger partial charge in [0, 0.05) is 6.61 Å². The molecule has 2 unspecified atom stereocenters. The molecule has 16 heavy (non-hydrogen) atoms. The van der Waals surface area contributed by atoms with Gasteiger partial charge in [0.25, 0.3) is 0 Å². The zero-order valence-electron chi connectivity index (χ0n) is 9.76. The van der Waals surface area contributed by atoms with E-state index >= 15 is 0 Å². The Bertz CT molecular complexity index is 227. The minimum absolute atomic E-state index is 0.539. The Balaban J connectivity index is 3.73. The Hall–Kier alpha value is -1.14. The van der Waals surface area contributed by atoms with Crippen molar-refractivity contribution in [2.24, 2.45) is 0 Å². The smallest absolute Gasteiger partial charge is 0.419 e. The number of rotatable bonds is 7. The number of carbonyl (C=O) groups excluding carboxylic acids is 1. The van der Waals surface area contributed by atoms with Crippen LogP contribution in [0.1, 0.15) is 33.6 Å². The fourth-order valence-corrected chi connectivity index (χ4v) is 0.932. The van der Waals surface area contributed by atoms with Crippen molar-refractivity contribution in [3.05, 3.63) is 0 Å². The van der Waals surface area contributed by atoms with Gasteiger partial charge in [-0.25, -0.2) is 9.59 Å². The summed E-state index contributed by atoms with van der Waals surface area (Å²) in [4.78, 5) is 20.8. The second-order valence-corrected chi connectivity index (χ2v) is 3.21. The molecular weight excluding hydrogens is 216 g/mol. The van der Waals surface area contributed by atoms with Crippen molar-refractivity contribution in [1.29, 1.82) is 0 Å². The van der Waals surface area contributed by atoms with E-state index < -0.39 is 24.5 Å². The van der Waals surface area contributed by atoms with Crippen LogP contribution in [0.2, 0.25) is 0 Å². The number of esters is 1. The standard InChI is InChI=1S/C10H18O6/c1-4-5-6-14-7(2)15-8(3)16-10(13)9(11)12/h7-8H,4-6H2,1-3H3,(H,11,12). The molecule has 0 saturated heterocycles. The summed E-state index contributed by atoms with van der Waals surface area (Å²) in [6.07, 6.45) is 0.441. The normalized spacial score (nSPS) is 14.2. The maximum absolute atomic E-state index is 10.7. The van der Waals surface area contributed by atoms with Gasteiger partial charge in [0.15, 0.2) is 6.29 Å². The minimum Gasteiger partial charge on any atom is -0.473 e. The summed E-state index contributed by atoms with van der Waals surface area (Å²) < 4.78 is 14.8. The summed E-state index contributed by atoms with van der Waals surface area (Å²) in [6, 6.07) is 0. The number of unbranched alkanes of at least 4 members (excludes halogenated alkanes) is 1. The lowest BCUT2D eigenvalue weighted by atomic mass is 10.4. The van der Waals surface area contributed by atoms with Crippen LogP contribution in [-0.2, 0) is 23.8 Å². The fourth-order valence-electron chi connectivity index (χ4n) is 0.932. The third kappa shape index (κ3) is 7.19. The molecule has 2 atom stereocenters. The molecule has 0 fully saturated rings. The molecule has 0 rings (SSSR count). The maximum Gasteiger partial charge on any atom is 0.419 e. The second kappa shape index (κ2) is 8.06. The summed E-state index contributed by atoms with van der Waals surface area (Å²) >= 11 is 0. The van der Waals surface area contributed by atoms with Crippen LogP contribution in [0.5, 0.6) is 0 Å². The molecule has 0 aliphatic carbocycles. The lowest BCUT2D eigenvalue weighted by Gasteiger charge is -2.18. The van der Waals surface area contributed by atoms with E-state index in [1.54, 1.807) is 6.92 Å². The summed E-state index contributed by atoms with van der Waals surface area (Å²) in [5.41, 5.74) is 0. The molecule has 94 valence electrons. The lowest BCUT2D eigenvalue weighted by Crippen LogP contribution is -2.28. The molecule has 0 spiro atoms. The highest BCUT2D eigenvalue weighted by Gasteiger charge is 2.18. The Kier molecular flexibility index (Phi) is 7.49. The van der Waals surface area contributed by atoms with Crippen molar-refractivity contribution in [3.8, 4) is 0 Å². The highest BCUT2D eigenvalue weighted by molar-refractivity contribution is 6.28. The van der Waals surface area contributed by atoms with Crippen molar-refractivity contribution >= 4 is 11.9 Å². The minimum atomic E-state index is -1.64. The first-order chi connectivity index (χ1) is 7.47.